The zero-order valence-corrected chi connectivity index (χ0v) is 87.3. The number of fused-ring (bicyclic) bond motifs is 3. The van der Waals surface area contributed by atoms with Crippen LogP contribution in [0.2, 0.25) is 0 Å². The van der Waals surface area contributed by atoms with Crippen LogP contribution in [0, 0.1) is 41.8 Å². The van der Waals surface area contributed by atoms with Gasteiger partial charge in [0.2, 0.25) is 67.8 Å². The molecule has 5 heterocycles. The molecule has 5 aromatic heterocycles. The lowest BCUT2D eigenvalue weighted by atomic mass is 9.94. The number of rotatable bonds is 30. The molecule has 34 nitrogen and oxygen atoms in total. The van der Waals surface area contributed by atoms with Crippen molar-refractivity contribution in [2.75, 3.05) is 65.2 Å². The summed E-state index contributed by atoms with van der Waals surface area (Å²) in [7, 11) is -14.5. The van der Waals surface area contributed by atoms with Crippen molar-refractivity contribution in [3.8, 4) is 73.3 Å². The second kappa shape index (κ2) is 50.7. The van der Waals surface area contributed by atoms with E-state index in [1.807, 2.05) is 67.5 Å². The van der Waals surface area contributed by atoms with E-state index >= 15 is 0 Å². The minimum Gasteiger partial charge on any atom is -0.481 e. The van der Waals surface area contributed by atoms with Gasteiger partial charge in [-0.05, 0) is 244 Å². The van der Waals surface area contributed by atoms with Gasteiger partial charge in [-0.1, -0.05) is 161 Å². The highest BCUT2D eigenvalue weighted by molar-refractivity contribution is 7.91. The van der Waals surface area contributed by atoms with Gasteiger partial charge in [-0.3, -0.25) is 4.98 Å². The molecule has 15 rings (SSSR count). The van der Waals surface area contributed by atoms with Crippen molar-refractivity contribution in [1.82, 2.24) is 48.5 Å². The zero-order chi connectivity index (χ0) is 107. The Morgan fingerprint density at radius 1 is 0.340 bits per heavy atom. The number of sulfonamides is 5. The van der Waals surface area contributed by atoms with E-state index in [-0.39, 0.29) is 75.7 Å². The number of aryl methyl sites for hydroxylation is 2. The first-order valence-electron chi connectivity index (χ1n) is 46.9. The average Bonchev–Trinajstić information content (AvgIpc) is 1.66. The Kier molecular flexibility index (Phi) is 38.8. The van der Waals surface area contributed by atoms with E-state index in [2.05, 4.69) is 82.6 Å². The third-order valence-electron chi connectivity index (χ3n) is 22.8. The zero-order valence-electron chi connectivity index (χ0n) is 83.2. The number of aromatic nitrogens is 5. The van der Waals surface area contributed by atoms with E-state index in [0.717, 1.165) is 83.9 Å². The number of urea groups is 5. The normalized spacial score (nSPS) is 12.4. The van der Waals surface area contributed by atoms with Crippen LogP contribution in [0.5, 0.6) is 17.6 Å². The molecule has 0 fully saturated rings. The Morgan fingerprint density at radius 2 is 0.653 bits per heavy atom. The van der Waals surface area contributed by atoms with E-state index in [0.29, 0.717) is 120 Å². The fraction of sp³-hybridized carbons (Fsp3) is 0.305. The second-order valence-electron chi connectivity index (χ2n) is 36.5. The molecule has 0 unspecified atom stereocenters. The van der Waals surface area contributed by atoms with Crippen molar-refractivity contribution < 1.29 is 93.4 Å². The number of pyridine rings is 5. The molecule has 0 bridgehead atoms. The van der Waals surface area contributed by atoms with Crippen LogP contribution < -0.4 is 64.4 Å². The molecule has 3 aliphatic rings. The van der Waals surface area contributed by atoms with Gasteiger partial charge in [-0.15, -0.1) is 4.98 Å². The topological polar surface area (TPSA) is 473 Å². The van der Waals surface area contributed by atoms with Crippen molar-refractivity contribution in [2.24, 2.45) is 17.8 Å². The number of ether oxygens (including phenoxy) is 3. The van der Waals surface area contributed by atoms with Gasteiger partial charge in [0.05, 0.1) is 78.5 Å². The van der Waals surface area contributed by atoms with Crippen LogP contribution in [0.25, 0.3) is 60.5 Å². The fourth-order valence-electron chi connectivity index (χ4n) is 16.8. The number of benzene rings is 7. The van der Waals surface area contributed by atoms with E-state index < -0.39 is 91.9 Å². The average molecular weight is 2110 g/mol. The number of hydrogen-bond donors (Lipinski definition) is 10. The van der Waals surface area contributed by atoms with Gasteiger partial charge in [0, 0.05) is 77.0 Å². The third-order valence-corrected chi connectivity index (χ3v) is 30.1. The molecule has 147 heavy (non-hydrogen) atoms. The van der Waals surface area contributed by atoms with Crippen molar-refractivity contribution in [1.29, 1.82) is 0 Å². The SMILES string of the molecule is COc1cc(-c2cc(F)cc(C(C)C)c2NC(=O)NS(=O)(=O)CC(C)C)ccn1.COc1cc(-c2ccc3c(c2NC(=O)NS(=O)(=O)CC(C)C)CCC3)ccn1.COc1cc(-c2ccc3c(c2NC(=O)NS(=O)(=O)Cc2ccccc2)CCC3)ccn1.O=C(Nc1c(-c2ccncc2)cc(F)c2c1CCC2)NS(=O)(=O)Cc1ccccc1.[C-]#[N+]c1cc(-c2cc(F)cc(C(C)C)c2NC(=O)NS(=O)(=O)CC(C)C)ccn1. The Morgan fingerprint density at radius 3 is 1.01 bits per heavy atom. The van der Waals surface area contributed by atoms with Crippen LogP contribution in [0.15, 0.2) is 213 Å². The van der Waals surface area contributed by atoms with Crippen molar-refractivity contribution >= 4 is 115 Å². The largest absolute Gasteiger partial charge is 0.481 e. The minimum atomic E-state index is -3.90. The predicted octanol–water partition coefficient (Wildman–Crippen LogP) is 20.1. The lowest BCUT2D eigenvalue weighted by Gasteiger charge is -2.19. The summed E-state index contributed by atoms with van der Waals surface area (Å²) in [4.78, 5) is 86.0. The summed E-state index contributed by atoms with van der Waals surface area (Å²) in [6, 6.07) is 44.6. The van der Waals surface area contributed by atoms with Crippen molar-refractivity contribution in [2.45, 2.75) is 150 Å². The highest BCUT2D eigenvalue weighted by Gasteiger charge is 2.31. The molecule has 12 aromatic rings. The molecule has 10 amide bonds. The Balaban J connectivity index is 0.000000175. The maximum absolute atomic E-state index is 14.6. The molecular weight excluding hydrogens is 1990 g/mol. The highest BCUT2D eigenvalue weighted by Crippen LogP contribution is 2.44. The Labute approximate surface area is 855 Å². The first-order chi connectivity index (χ1) is 69.7. The van der Waals surface area contributed by atoms with Crippen LogP contribution in [0.1, 0.15) is 156 Å². The fourth-order valence-corrected chi connectivity index (χ4v) is 22.8. The van der Waals surface area contributed by atoms with Gasteiger partial charge in [-0.25, -0.2) is 118 Å². The van der Waals surface area contributed by atoms with Gasteiger partial charge in [0.1, 0.15) is 23.6 Å². The summed E-state index contributed by atoms with van der Waals surface area (Å²) in [6.07, 6.45) is 16.8. The van der Waals surface area contributed by atoms with E-state index in [4.69, 9.17) is 20.8 Å². The molecule has 10 N–H and O–H groups in total. The van der Waals surface area contributed by atoms with Crippen LogP contribution in [-0.2, 0) is 100 Å². The maximum Gasteiger partial charge on any atom is 0.332 e. The summed E-state index contributed by atoms with van der Waals surface area (Å²) in [5.41, 5.74) is 16.4. The molecule has 0 radical (unpaired) electrons. The molecule has 0 saturated carbocycles. The molecule has 776 valence electrons. The molecule has 42 heteroatoms. The summed E-state index contributed by atoms with van der Waals surface area (Å²) in [5.74, 6) is -1.69. The van der Waals surface area contributed by atoms with Crippen molar-refractivity contribution in [3.63, 3.8) is 0 Å². The van der Waals surface area contributed by atoms with E-state index in [1.54, 1.807) is 178 Å². The third kappa shape index (κ3) is 32.5. The summed E-state index contributed by atoms with van der Waals surface area (Å²) in [5, 5.41) is 13.4. The lowest BCUT2D eigenvalue weighted by molar-refractivity contribution is 0.255. The van der Waals surface area contributed by atoms with Gasteiger partial charge in [0.25, 0.3) is 5.82 Å². The number of hydrogen-bond acceptors (Lipinski definition) is 23. The first-order valence-corrected chi connectivity index (χ1v) is 55.2. The number of nitrogens with zero attached hydrogens (tertiary/aromatic N) is 6. The van der Waals surface area contributed by atoms with E-state index in [9.17, 15) is 79.2 Å². The van der Waals surface area contributed by atoms with Gasteiger partial charge in [0.15, 0.2) is 0 Å². The minimum absolute atomic E-state index is 0.0777. The first kappa shape index (κ1) is 112. The second-order valence-corrected chi connectivity index (χ2v) is 45.2. The molecule has 0 aliphatic heterocycles. The molecule has 0 spiro atoms. The highest BCUT2D eigenvalue weighted by atomic mass is 32.2. The lowest BCUT2D eigenvalue weighted by Crippen LogP contribution is -2.37. The standard InChI is InChI=1S/C23H23N3O4S.C22H20FN3O3S.C20H23FN4O3S.C20H26FN3O4S.C20H25N3O4S/c1-30-21-14-18(12-13-24-21)20-11-10-17-8-5-9-19(17)22(20)25-23(27)26-31(28,29)15-16-6-3-2-4-7-16;23-20-13-19(16-9-11-24-12-10-16)21(18-8-4-7-17(18)20)25-22(27)26-30(28,29)14-15-5-2-1-3-6-15;1-12(2)11-29(27,28)25-20(26)24-19-16(13(3)4)9-15(21)10-17(19)14-6-7-23-18(8-14)22-5;1-12(2)11-29(26,27)24-20(25)23-19-16(13(3)4)9-15(21)10-17(19)14-6-7-22-18(8-14)28-5;1-13(2)12-28(25,26)23-20(24)22-19-16-6-4-5-14(16)7-8-17(19)15-9-10-21-18(11-15)27-3/h2-4,6-7,10-14H,5,8-9,15H2,1H3,(H2,25,26,27);1-3,5-6,9-13H,4,7-8,14H2,(H2,25,26,27);6-10,12-13H,11H2,1-4H3,(H2,24,25,26);6-10,12-13H,11H2,1-5H3,(H2,23,24,25);7-11,13H,4-6,12H2,1-3H3,(H2,22,23,24). The van der Waals surface area contributed by atoms with Gasteiger partial charge >= 0.3 is 30.2 Å². The molecule has 3 aliphatic carbocycles. The van der Waals surface area contributed by atoms with Crippen LogP contribution in [-0.4, -0.2) is 136 Å². The van der Waals surface area contributed by atoms with Crippen LogP contribution in [0.4, 0.5) is 71.4 Å². The monoisotopic (exact) mass is 2110 g/mol. The van der Waals surface area contributed by atoms with Gasteiger partial charge in [-0.2, -0.15) is 0 Å². The Hall–Kier alpha value is -14.9. The molecular formula is C105H117F3N16O18S5. The van der Waals surface area contributed by atoms with Crippen molar-refractivity contribution in [3.05, 3.63) is 298 Å². The summed E-state index contributed by atoms with van der Waals surface area (Å²) < 4.78 is 191. The summed E-state index contributed by atoms with van der Waals surface area (Å²) >= 11 is 0. The molecule has 0 atom stereocenters. The number of amides is 10. The van der Waals surface area contributed by atoms with Gasteiger partial charge < -0.3 is 45.6 Å². The Bertz CT molecular complexity index is 7460. The number of nitrogens with one attached hydrogen (secondary N) is 10. The number of anilines is 5. The number of carbonyl (C=O) groups excluding carboxylic acids is 5. The number of carbonyl (C=O) groups is 5. The number of methoxy groups -OCH3 is 3. The molecule has 7 aromatic carbocycles. The quantitative estimate of drug-likeness (QED) is 0.0187. The molecule has 0 saturated heterocycles. The predicted molar refractivity (Wildman–Crippen MR) is 563 cm³/mol. The van der Waals surface area contributed by atoms with E-state index in [1.165, 1.54) is 61.5 Å². The maximum atomic E-state index is 14.6. The number of halogens is 3. The van der Waals surface area contributed by atoms with Crippen LogP contribution in [0.3, 0.4) is 0 Å². The van der Waals surface area contributed by atoms with Crippen LogP contribution >= 0.6 is 0 Å². The smallest absolute Gasteiger partial charge is 0.332 e. The summed E-state index contributed by atoms with van der Waals surface area (Å²) in [6.45, 7) is 25.0.